The summed E-state index contributed by atoms with van der Waals surface area (Å²) in [6.07, 6.45) is 4.22. The molecule has 0 saturated carbocycles. The highest BCUT2D eigenvalue weighted by atomic mass is 79.9. The van der Waals surface area contributed by atoms with Gasteiger partial charge in [0.2, 0.25) is 0 Å². The van der Waals surface area contributed by atoms with E-state index in [9.17, 15) is 13.7 Å². The predicted octanol–water partition coefficient (Wildman–Crippen LogP) is 3.17. The van der Waals surface area contributed by atoms with Crippen LogP contribution in [-0.4, -0.2) is 43.9 Å². The molecule has 142 valence electrons. The number of pyridine rings is 1. The van der Waals surface area contributed by atoms with E-state index in [1.807, 2.05) is 11.0 Å². The van der Waals surface area contributed by atoms with Crippen LogP contribution >= 0.6 is 27.3 Å². The van der Waals surface area contributed by atoms with Gasteiger partial charge in [0.1, 0.15) is 16.1 Å². The Kier molecular flexibility index (Phi) is 5.25. The minimum absolute atomic E-state index is 0.354. The van der Waals surface area contributed by atoms with Crippen LogP contribution in [0.5, 0.6) is 0 Å². The zero-order chi connectivity index (χ0) is 19.0. The summed E-state index contributed by atoms with van der Waals surface area (Å²) in [5, 5.41) is 9.56. The van der Waals surface area contributed by atoms with Crippen molar-refractivity contribution in [2.75, 3.05) is 31.1 Å². The fraction of sp³-hybridized carbons (Fsp3) is 0.444. The lowest BCUT2D eigenvalue weighted by molar-refractivity contribution is 0.384. The fourth-order valence-corrected chi connectivity index (χ4v) is 7.24. The van der Waals surface area contributed by atoms with Crippen LogP contribution in [0.2, 0.25) is 0 Å². The van der Waals surface area contributed by atoms with E-state index in [4.69, 9.17) is 4.98 Å². The van der Waals surface area contributed by atoms with Crippen LogP contribution in [-0.2, 0) is 22.9 Å². The van der Waals surface area contributed by atoms with Gasteiger partial charge in [0.15, 0.2) is 0 Å². The van der Waals surface area contributed by atoms with E-state index >= 15 is 0 Å². The first-order valence-electron chi connectivity index (χ1n) is 8.92. The Balaban J connectivity index is 1.54. The second kappa shape index (κ2) is 7.51. The number of sulfonamides is 1. The molecule has 2 aromatic rings. The van der Waals surface area contributed by atoms with Gasteiger partial charge >= 0.3 is 0 Å². The molecule has 2 aliphatic rings. The molecule has 0 radical (unpaired) electrons. The SMILES string of the molecule is N#Cc1cc2c(nc1N1CCN(S(=O)(=O)c3ccc(Br)s3)CC1)CCCC2. The van der Waals surface area contributed by atoms with E-state index in [-0.39, 0.29) is 0 Å². The summed E-state index contributed by atoms with van der Waals surface area (Å²) in [5.41, 5.74) is 2.87. The van der Waals surface area contributed by atoms with Crippen molar-refractivity contribution in [1.82, 2.24) is 9.29 Å². The quantitative estimate of drug-likeness (QED) is 0.693. The van der Waals surface area contributed by atoms with E-state index in [2.05, 4.69) is 22.0 Å². The second-order valence-corrected chi connectivity index (χ2v) is 11.4. The van der Waals surface area contributed by atoms with Crippen molar-refractivity contribution >= 4 is 43.1 Å². The Morgan fingerprint density at radius 3 is 2.56 bits per heavy atom. The number of nitriles is 1. The lowest BCUT2D eigenvalue weighted by Crippen LogP contribution is -2.49. The van der Waals surface area contributed by atoms with Gasteiger partial charge in [0.05, 0.1) is 9.35 Å². The topological polar surface area (TPSA) is 77.3 Å². The molecule has 0 atom stereocenters. The fourth-order valence-electron chi connectivity index (χ4n) is 3.65. The maximum atomic E-state index is 12.8. The van der Waals surface area contributed by atoms with Crippen LogP contribution in [0.4, 0.5) is 5.82 Å². The van der Waals surface area contributed by atoms with Gasteiger partial charge in [-0.25, -0.2) is 13.4 Å². The molecule has 1 saturated heterocycles. The Morgan fingerprint density at radius 2 is 1.89 bits per heavy atom. The third kappa shape index (κ3) is 3.63. The van der Waals surface area contributed by atoms with Crippen LogP contribution in [0, 0.1) is 11.3 Å². The van der Waals surface area contributed by atoms with Crippen LogP contribution in [0.25, 0.3) is 0 Å². The standard InChI is InChI=1S/C18H19BrN4O2S2/c19-16-5-6-17(26-16)27(24,25)23-9-7-22(8-10-23)18-14(12-20)11-13-3-1-2-4-15(13)21-18/h5-6,11H,1-4,7-10H2. The van der Waals surface area contributed by atoms with Crippen molar-refractivity contribution in [3.05, 3.63) is 38.8 Å². The molecule has 27 heavy (non-hydrogen) atoms. The smallest absolute Gasteiger partial charge is 0.252 e. The normalized spacial score (nSPS) is 18.1. The second-order valence-electron chi connectivity index (χ2n) is 6.73. The lowest BCUT2D eigenvalue weighted by atomic mass is 9.95. The maximum absolute atomic E-state index is 12.8. The van der Waals surface area contributed by atoms with Crippen molar-refractivity contribution in [2.45, 2.75) is 29.9 Å². The Morgan fingerprint density at radius 1 is 1.15 bits per heavy atom. The molecule has 3 heterocycles. The molecule has 9 heteroatoms. The molecule has 4 rings (SSSR count). The van der Waals surface area contributed by atoms with Gasteiger partial charge in [-0.3, -0.25) is 0 Å². The van der Waals surface area contributed by atoms with Gasteiger partial charge < -0.3 is 4.90 Å². The summed E-state index contributed by atoms with van der Waals surface area (Å²) >= 11 is 4.55. The number of aromatic nitrogens is 1. The number of halogens is 1. The summed E-state index contributed by atoms with van der Waals surface area (Å²) < 4.78 is 28.3. The maximum Gasteiger partial charge on any atom is 0.252 e. The van der Waals surface area contributed by atoms with Crippen LogP contribution in [0.15, 0.2) is 26.2 Å². The molecule has 1 fully saturated rings. The van der Waals surface area contributed by atoms with Gasteiger partial charge in [0, 0.05) is 31.9 Å². The average molecular weight is 467 g/mol. The molecule has 0 aromatic carbocycles. The van der Waals surface area contributed by atoms with E-state index in [0.29, 0.717) is 41.8 Å². The number of hydrogen-bond donors (Lipinski definition) is 0. The Hall–Kier alpha value is -1.47. The van der Waals surface area contributed by atoms with E-state index in [1.54, 1.807) is 12.1 Å². The number of aryl methyl sites for hydroxylation is 2. The molecule has 0 bridgehead atoms. The van der Waals surface area contributed by atoms with Crippen molar-refractivity contribution in [1.29, 1.82) is 5.26 Å². The summed E-state index contributed by atoms with van der Waals surface area (Å²) in [6.45, 7) is 1.85. The highest BCUT2D eigenvalue weighted by Gasteiger charge is 2.31. The first kappa shape index (κ1) is 18.9. The number of fused-ring (bicyclic) bond motifs is 1. The Labute approximate surface area is 171 Å². The van der Waals surface area contributed by atoms with Crippen LogP contribution in [0.1, 0.15) is 29.7 Å². The van der Waals surface area contributed by atoms with Gasteiger partial charge in [-0.1, -0.05) is 0 Å². The zero-order valence-corrected chi connectivity index (χ0v) is 17.9. The van der Waals surface area contributed by atoms with Crippen LogP contribution in [0.3, 0.4) is 0 Å². The molecule has 0 spiro atoms. The molecular formula is C18H19BrN4O2S2. The summed E-state index contributed by atoms with van der Waals surface area (Å²) in [4.78, 5) is 6.83. The zero-order valence-electron chi connectivity index (χ0n) is 14.7. The molecule has 1 aliphatic heterocycles. The third-order valence-corrected chi connectivity index (χ3v) is 9.07. The summed E-state index contributed by atoms with van der Waals surface area (Å²) in [5.74, 6) is 0.703. The number of nitrogens with zero attached hydrogens (tertiary/aromatic N) is 4. The van der Waals surface area contributed by atoms with Crippen molar-refractivity contribution in [2.24, 2.45) is 0 Å². The van der Waals surface area contributed by atoms with Crippen molar-refractivity contribution in [3.8, 4) is 6.07 Å². The van der Waals surface area contributed by atoms with E-state index in [1.165, 1.54) is 21.2 Å². The minimum Gasteiger partial charge on any atom is -0.353 e. The van der Waals surface area contributed by atoms with Crippen molar-refractivity contribution in [3.63, 3.8) is 0 Å². The lowest BCUT2D eigenvalue weighted by Gasteiger charge is -2.35. The number of rotatable bonds is 3. The molecule has 0 N–H and O–H groups in total. The van der Waals surface area contributed by atoms with Gasteiger partial charge in [-0.05, 0) is 65.4 Å². The monoisotopic (exact) mass is 466 g/mol. The Bertz CT molecular complexity index is 1000. The summed E-state index contributed by atoms with van der Waals surface area (Å²) in [6, 6.07) is 7.64. The molecule has 6 nitrogen and oxygen atoms in total. The highest BCUT2D eigenvalue weighted by molar-refractivity contribution is 9.11. The van der Waals surface area contributed by atoms with E-state index < -0.39 is 10.0 Å². The average Bonchev–Trinajstić information content (AvgIpc) is 3.14. The molecule has 0 amide bonds. The van der Waals surface area contributed by atoms with Gasteiger partial charge in [-0.15, -0.1) is 11.3 Å². The largest absolute Gasteiger partial charge is 0.353 e. The third-order valence-electron chi connectivity index (χ3n) is 5.08. The first-order valence-corrected chi connectivity index (χ1v) is 12.0. The highest BCUT2D eigenvalue weighted by Crippen LogP contribution is 2.30. The summed E-state index contributed by atoms with van der Waals surface area (Å²) in [7, 11) is -3.47. The minimum atomic E-state index is -3.47. The van der Waals surface area contributed by atoms with Gasteiger partial charge in [0.25, 0.3) is 10.0 Å². The number of hydrogen-bond acceptors (Lipinski definition) is 6. The van der Waals surface area contributed by atoms with Crippen molar-refractivity contribution < 1.29 is 8.42 Å². The number of anilines is 1. The first-order chi connectivity index (χ1) is 13.0. The number of piperazine rings is 1. The van der Waals surface area contributed by atoms with E-state index in [0.717, 1.165) is 35.2 Å². The molecule has 2 aromatic heterocycles. The number of thiophene rings is 1. The molecule has 1 aliphatic carbocycles. The van der Waals surface area contributed by atoms with Gasteiger partial charge in [-0.2, -0.15) is 9.57 Å². The molecule has 0 unspecified atom stereocenters. The van der Waals surface area contributed by atoms with Crippen LogP contribution < -0.4 is 4.90 Å². The predicted molar refractivity (Wildman–Crippen MR) is 109 cm³/mol. The molecular weight excluding hydrogens is 448 g/mol.